The summed E-state index contributed by atoms with van der Waals surface area (Å²) in [5.74, 6) is 0.783. The fraction of sp³-hybridized carbons (Fsp3) is 0.500. The molecule has 1 aliphatic rings. The summed E-state index contributed by atoms with van der Waals surface area (Å²) in [5.41, 5.74) is 9.33. The maximum absolute atomic E-state index is 8.96. The van der Waals surface area contributed by atoms with Crippen LogP contribution in [0.4, 0.5) is 0 Å². The van der Waals surface area contributed by atoms with Crippen LogP contribution in [0.3, 0.4) is 0 Å². The quantitative estimate of drug-likeness (QED) is 0.802. The standard InChI is InChI=1S/C12H17NO3/c1-15-11-3-2-8-6-16-7-9(8)12(11)10(13)4-5-14/h2-3,10,14H,4-7,13H2,1H3. The van der Waals surface area contributed by atoms with Gasteiger partial charge >= 0.3 is 0 Å². The molecule has 0 spiro atoms. The highest BCUT2D eigenvalue weighted by Crippen LogP contribution is 2.35. The third-order valence-corrected chi connectivity index (χ3v) is 2.95. The van der Waals surface area contributed by atoms with E-state index in [1.165, 1.54) is 5.56 Å². The van der Waals surface area contributed by atoms with Crippen molar-refractivity contribution in [3.05, 3.63) is 28.8 Å². The van der Waals surface area contributed by atoms with Gasteiger partial charge in [-0.3, -0.25) is 0 Å². The van der Waals surface area contributed by atoms with Gasteiger partial charge in [-0.05, 0) is 23.6 Å². The molecule has 0 saturated carbocycles. The minimum absolute atomic E-state index is 0.0782. The molecule has 0 saturated heterocycles. The highest BCUT2D eigenvalue weighted by atomic mass is 16.5. The summed E-state index contributed by atoms with van der Waals surface area (Å²) in [6, 6.07) is 3.73. The molecule has 0 amide bonds. The van der Waals surface area contributed by atoms with Gasteiger partial charge in [0.1, 0.15) is 5.75 Å². The van der Waals surface area contributed by atoms with Crippen LogP contribution in [0.1, 0.15) is 29.2 Å². The van der Waals surface area contributed by atoms with Crippen molar-refractivity contribution in [2.45, 2.75) is 25.7 Å². The molecule has 1 atom stereocenters. The summed E-state index contributed by atoms with van der Waals surface area (Å²) in [4.78, 5) is 0. The third-order valence-electron chi connectivity index (χ3n) is 2.95. The third kappa shape index (κ3) is 1.91. The van der Waals surface area contributed by atoms with Gasteiger partial charge in [-0.1, -0.05) is 6.07 Å². The average Bonchev–Trinajstić information content (AvgIpc) is 2.75. The molecule has 1 aromatic carbocycles. The maximum atomic E-state index is 8.96. The van der Waals surface area contributed by atoms with Crippen molar-refractivity contribution in [3.8, 4) is 5.75 Å². The van der Waals surface area contributed by atoms with E-state index in [4.69, 9.17) is 20.3 Å². The van der Waals surface area contributed by atoms with Gasteiger partial charge in [0.05, 0.1) is 20.3 Å². The fourth-order valence-corrected chi connectivity index (χ4v) is 2.13. The topological polar surface area (TPSA) is 64.7 Å². The van der Waals surface area contributed by atoms with Crippen LogP contribution in [0.2, 0.25) is 0 Å². The minimum atomic E-state index is -0.198. The van der Waals surface area contributed by atoms with E-state index >= 15 is 0 Å². The monoisotopic (exact) mass is 223 g/mol. The van der Waals surface area contributed by atoms with Crippen LogP contribution in [0.25, 0.3) is 0 Å². The first-order chi connectivity index (χ1) is 7.77. The summed E-state index contributed by atoms with van der Waals surface area (Å²) >= 11 is 0. The molecule has 2 rings (SSSR count). The SMILES string of the molecule is COc1ccc2c(c1C(N)CCO)COC2. The van der Waals surface area contributed by atoms with E-state index in [2.05, 4.69) is 0 Å². The first kappa shape index (κ1) is 11.4. The largest absolute Gasteiger partial charge is 0.496 e. The highest BCUT2D eigenvalue weighted by Gasteiger charge is 2.22. The molecule has 0 aliphatic carbocycles. The number of methoxy groups -OCH3 is 1. The molecular formula is C12H17NO3. The molecule has 88 valence electrons. The number of ether oxygens (including phenoxy) is 2. The van der Waals surface area contributed by atoms with E-state index in [0.717, 1.165) is 16.9 Å². The maximum Gasteiger partial charge on any atom is 0.124 e. The smallest absolute Gasteiger partial charge is 0.124 e. The molecule has 0 aromatic heterocycles. The van der Waals surface area contributed by atoms with Crippen molar-refractivity contribution in [2.75, 3.05) is 13.7 Å². The zero-order chi connectivity index (χ0) is 11.5. The predicted molar refractivity (Wildman–Crippen MR) is 60.1 cm³/mol. The second-order valence-electron chi connectivity index (χ2n) is 3.93. The van der Waals surface area contributed by atoms with Crippen LogP contribution in [-0.2, 0) is 18.0 Å². The molecule has 4 nitrogen and oxygen atoms in total. The number of hydrogen-bond donors (Lipinski definition) is 2. The Hall–Kier alpha value is -1.10. The summed E-state index contributed by atoms with van der Waals surface area (Å²) < 4.78 is 10.7. The summed E-state index contributed by atoms with van der Waals surface area (Å²) in [6.45, 7) is 1.30. The molecule has 0 fully saturated rings. The molecule has 1 aromatic rings. The van der Waals surface area contributed by atoms with Gasteiger partial charge in [-0.15, -0.1) is 0 Å². The zero-order valence-corrected chi connectivity index (χ0v) is 9.40. The van der Waals surface area contributed by atoms with Gasteiger partial charge in [0.15, 0.2) is 0 Å². The van der Waals surface area contributed by atoms with Crippen LogP contribution >= 0.6 is 0 Å². The van der Waals surface area contributed by atoms with E-state index in [9.17, 15) is 0 Å². The Morgan fingerprint density at radius 2 is 2.31 bits per heavy atom. The van der Waals surface area contributed by atoms with Gasteiger partial charge in [-0.2, -0.15) is 0 Å². The summed E-state index contributed by atoms with van der Waals surface area (Å²) in [7, 11) is 1.63. The molecule has 1 heterocycles. The second kappa shape index (κ2) is 4.82. The lowest BCUT2D eigenvalue weighted by molar-refractivity contribution is 0.134. The van der Waals surface area contributed by atoms with Crippen LogP contribution in [-0.4, -0.2) is 18.8 Å². The lowest BCUT2D eigenvalue weighted by Gasteiger charge is -2.18. The van der Waals surface area contributed by atoms with Crippen molar-refractivity contribution in [1.82, 2.24) is 0 Å². The fourth-order valence-electron chi connectivity index (χ4n) is 2.13. The Morgan fingerprint density at radius 1 is 1.50 bits per heavy atom. The molecule has 3 N–H and O–H groups in total. The van der Waals surface area contributed by atoms with Crippen molar-refractivity contribution in [1.29, 1.82) is 0 Å². The lowest BCUT2D eigenvalue weighted by Crippen LogP contribution is -2.15. The Balaban J connectivity index is 2.43. The van der Waals surface area contributed by atoms with Crippen molar-refractivity contribution >= 4 is 0 Å². The lowest BCUT2D eigenvalue weighted by atomic mass is 9.95. The van der Waals surface area contributed by atoms with E-state index in [-0.39, 0.29) is 12.6 Å². The zero-order valence-electron chi connectivity index (χ0n) is 9.40. The molecule has 4 heteroatoms. The van der Waals surface area contributed by atoms with Crippen LogP contribution in [0.15, 0.2) is 12.1 Å². The Morgan fingerprint density at radius 3 is 3.00 bits per heavy atom. The number of nitrogens with two attached hydrogens (primary N) is 1. The highest BCUT2D eigenvalue weighted by molar-refractivity contribution is 5.47. The second-order valence-corrected chi connectivity index (χ2v) is 3.93. The van der Waals surface area contributed by atoms with Crippen molar-refractivity contribution in [2.24, 2.45) is 5.73 Å². The van der Waals surface area contributed by atoms with Crippen LogP contribution in [0.5, 0.6) is 5.75 Å². The average molecular weight is 223 g/mol. The number of rotatable bonds is 4. The molecule has 1 unspecified atom stereocenters. The van der Waals surface area contributed by atoms with E-state index in [0.29, 0.717) is 19.6 Å². The van der Waals surface area contributed by atoms with E-state index < -0.39 is 0 Å². The Bertz CT molecular complexity index is 379. The normalized spacial score (nSPS) is 15.9. The van der Waals surface area contributed by atoms with Crippen molar-refractivity contribution < 1.29 is 14.6 Å². The van der Waals surface area contributed by atoms with Gasteiger partial charge in [-0.25, -0.2) is 0 Å². The molecule has 1 aliphatic heterocycles. The van der Waals surface area contributed by atoms with Crippen LogP contribution in [0, 0.1) is 0 Å². The van der Waals surface area contributed by atoms with Crippen molar-refractivity contribution in [3.63, 3.8) is 0 Å². The van der Waals surface area contributed by atoms with Gasteiger partial charge in [0.25, 0.3) is 0 Å². The van der Waals surface area contributed by atoms with Gasteiger partial charge < -0.3 is 20.3 Å². The number of aliphatic hydroxyl groups is 1. The molecule has 0 bridgehead atoms. The number of fused-ring (bicyclic) bond motifs is 1. The van der Waals surface area contributed by atoms with E-state index in [1.807, 2.05) is 12.1 Å². The Labute approximate surface area is 95.0 Å². The molecule has 16 heavy (non-hydrogen) atoms. The first-order valence-corrected chi connectivity index (χ1v) is 5.40. The summed E-state index contributed by atoms with van der Waals surface area (Å²) in [6.07, 6.45) is 0.535. The number of hydrogen-bond acceptors (Lipinski definition) is 4. The number of benzene rings is 1. The molecular weight excluding hydrogens is 206 g/mol. The first-order valence-electron chi connectivity index (χ1n) is 5.40. The van der Waals surface area contributed by atoms with Crippen LogP contribution < -0.4 is 10.5 Å². The number of aliphatic hydroxyl groups excluding tert-OH is 1. The predicted octanol–water partition coefficient (Wildman–Crippen LogP) is 1.11. The minimum Gasteiger partial charge on any atom is -0.496 e. The van der Waals surface area contributed by atoms with Gasteiger partial charge in [0, 0.05) is 18.2 Å². The molecule has 0 radical (unpaired) electrons. The summed E-state index contributed by atoms with van der Waals surface area (Å²) in [5, 5.41) is 8.96. The Kier molecular flexibility index (Phi) is 3.43. The van der Waals surface area contributed by atoms with Gasteiger partial charge in [0.2, 0.25) is 0 Å². The van der Waals surface area contributed by atoms with E-state index in [1.54, 1.807) is 7.11 Å².